The summed E-state index contributed by atoms with van der Waals surface area (Å²) in [4.78, 5) is 28.8. The first-order chi connectivity index (χ1) is 15.1. The van der Waals surface area contributed by atoms with Crippen molar-refractivity contribution >= 4 is 23.2 Å². The van der Waals surface area contributed by atoms with Gasteiger partial charge in [0.1, 0.15) is 0 Å². The fourth-order valence-corrected chi connectivity index (χ4v) is 7.19. The Kier molecular flexibility index (Phi) is 5.70. The molecule has 4 saturated carbocycles. The molecule has 31 heavy (non-hydrogen) atoms. The van der Waals surface area contributed by atoms with E-state index in [9.17, 15) is 9.59 Å². The van der Waals surface area contributed by atoms with Crippen LogP contribution in [-0.2, 0) is 4.79 Å². The van der Waals surface area contributed by atoms with E-state index in [4.69, 9.17) is 0 Å². The van der Waals surface area contributed by atoms with Crippen LogP contribution in [0, 0.1) is 23.2 Å². The van der Waals surface area contributed by atoms with Gasteiger partial charge in [-0.25, -0.2) is 0 Å². The maximum atomic E-state index is 13.5. The molecular weight excluding hydrogens is 386 g/mol. The molecule has 4 bridgehead atoms. The molecule has 5 aliphatic rings. The zero-order chi connectivity index (χ0) is 21.4. The Hall–Kier alpha value is -2.04. The molecule has 5 heteroatoms. The van der Waals surface area contributed by atoms with Gasteiger partial charge in [0.05, 0.1) is 11.0 Å². The summed E-state index contributed by atoms with van der Waals surface area (Å²) < 4.78 is 0. The predicted molar refractivity (Wildman–Crippen MR) is 124 cm³/mol. The number of anilines is 2. The topological polar surface area (TPSA) is 61.4 Å². The first kappa shape index (κ1) is 20.8. The van der Waals surface area contributed by atoms with Crippen LogP contribution in [0.1, 0.15) is 81.5 Å². The summed E-state index contributed by atoms with van der Waals surface area (Å²) in [6.07, 6.45) is 11.7. The van der Waals surface area contributed by atoms with Gasteiger partial charge >= 0.3 is 0 Å². The molecule has 5 fully saturated rings. The van der Waals surface area contributed by atoms with Crippen LogP contribution in [0.2, 0.25) is 0 Å². The largest absolute Gasteiger partial charge is 0.371 e. The van der Waals surface area contributed by atoms with Crippen molar-refractivity contribution in [2.24, 2.45) is 23.2 Å². The van der Waals surface area contributed by atoms with Crippen molar-refractivity contribution in [3.8, 4) is 0 Å². The lowest BCUT2D eigenvalue weighted by molar-refractivity contribution is -0.140. The van der Waals surface area contributed by atoms with E-state index < -0.39 is 0 Å². The Balaban J connectivity index is 1.37. The highest BCUT2D eigenvalue weighted by Crippen LogP contribution is 2.60. The number of carbonyl (C=O) groups excluding carboxylic acids is 2. The van der Waals surface area contributed by atoms with Gasteiger partial charge in [0.15, 0.2) is 0 Å². The van der Waals surface area contributed by atoms with E-state index in [0.29, 0.717) is 12.1 Å². The van der Waals surface area contributed by atoms with E-state index in [0.717, 1.165) is 67.9 Å². The van der Waals surface area contributed by atoms with Gasteiger partial charge < -0.3 is 15.5 Å². The Morgan fingerprint density at radius 3 is 2.26 bits per heavy atom. The standard InChI is InChI=1S/C26H37N3O2/c1-2-8-27-24(30)22-14-21(6-7-23(22)29-9-4-3-5-10-29)28-25(31)26-15-18-11-19(16-26)13-20(12-18)17-26/h6-7,14,18-20H,2-5,8-13,15-17H2,1H3,(H,27,30)(H,28,31). The van der Waals surface area contributed by atoms with Crippen molar-refractivity contribution in [2.45, 2.75) is 71.1 Å². The summed E-state index contributed by atoms with van der Waals surface area (Å²) in [5, 5.41) is 6.28. The number of nitrogens with one attached hydrogen (secondary N) is 2. The molecule has 1 aliphatic heterocycles. The van der Waals surface area contributed by atoms with Gasteiger partial charge in [-0.1, -0.05) is 6.92 Å². The van der Waals surface area contributed by atoms with Crippen molar-refractivity contribution in [3.63, 3.8) is 0 Å². The van der Waals surface area contributed by atoms with E-state index in [1.165, 1.54) is 38.5 Å². The molecule has 2 amide bonds. The van der Waals surface area contributed by atoms with E-state index >= 15 is 0 Å². The number of hydrogen-bond donors (Lipinski definition) is 2. The highest BCUT2D eigenvalue weighted by Gasteiger charge is 2.54. The normalized spacial score (nSPS) is 31.5. The quantitative estimate of drug-likeness (QED) is 0.679. The SMILES string of the molecule is CCCNC(=O)c1cc(NC(=O)C23CC4CC(CC(C4)C2)C3)ccc1N1CCCCC1. The molecular formula is C26H37N3O2. The third-order valence-corrected chi connectivity index (χ3v) is 8.25. The van der Waals surface area contributed by atoms with E-state index in [-0.39, 0.29) is 17.2 Å². The van der Waals surface area contributed by atoms with Crippen molar-refractivity contribution in [3.05, 3.63) is 23.8 Å². The van der Waals surface area contributed by atoms with Crippen LogP contribution in [0.3, 0.4) is 0 Å². The van der Waals surface area contributed by atoms with E-state index in [2.05, 4.69) is 22.5 Å². The third kappa shape index (κ3) is 4.08. The van der Waals surface area contributed by atoms with Crippen LogP contribution in [-0.4, -0.2) is 31.4 Å². The second-order valence-electron chi connectivity index (χ2n) is 10.7. The van der Waals surface area contributed by atoms with Crippen LogP contribution in [0.15, 0.2) is 18.2 Å². The molecule has 0 aromatic heterocycles. The molecule has 5 nitrogen and oxygen atoms in total. The van der Waals surface area contributed by atoms with Crippen LogP contribution < -0.4 is 15.5 Å². The fourth-order valence-electron chi connectivity index (χ4n) is 7.19. The van der Waals surface area contributed by atoms with Gasteiger partial charge in [0.25, 0.3) is 5.91 Å². The molecule has 0 atom stereocenters. The van der Waals surface area contributed by atoms with Gasteiger partial charge in [0, 0.05) is 31.0 Å². The number of nitrogens with zero attached hydrogens (tertiary/aromatic N) is 1. The lowest BCUT2D eigenvalue weighted by atomic mass is 9.49. The highest BCUT2D eigenvalue weighted by atomic mass is 16.2. The Labute approximate surface area is 186 Å². The fraction of sp³-hybridized carbons (Fsp3) is 0.692. The van der Waals surface area contributed by atoms with E-state index in [1.54, 1.807) is 0 Å². The number of piperidine rings is 1. The minimum atomic E-state index is -0.176. The molecule has 0 unspecified atom stereocenters. The van der Waals surface area contributed by atoms with Gasteiger partial charge in [-0.2, -0.15) is 0 Å². The summed E-state index contributed by atoms with van der Waals surface area (Å²) in [6, 6.07) is 5.95. The average Bonchev–Trinajstić information content (AvgIpc) is 2.77. The van der Waals surface area contributed by atoms with Crippen LogP contribution in [0.5, 0.6) is 0 Å². The lowest BCUT2D eigenvalue weighted by Gasteiger charge is -2.55. The Morgan fingerprint density at radius 1 is 1.00 bits per heavy atom. The predicted octanol–water partition coefficient (Wildman–Crippen LogP) is 4.97. The third-order valence-electron chi connectivity index (χ3n) is 8.25. The zero-order valence-corrected chi connectivity index (χ0v) is 18.9. The molecule has 2 N–H and O–H groups in total. The summed E-state index contributed by atoms with van der Waals surface area (Å²) in [5.74, 6) is 2.39. The zero-order valence-electron chi connectivity index (χ0n) is 18.9. The van der Waals surface area contributed by atoms with E-state index in [1.807, 2.05) is 18.2 Å². The summed E-state index contributed by atoms with van der Waals surface area (Å²) in [6.45, 7) is 4.72. The van der Waals surface area contributed by atoms with Crippen molar-refractivity contribution < 1.29 is 9.59 Å². The maximum absolute atomic E-state index is 13.5. The number of rotatable bonds is 6. The Bertz CT molecular complexity index is 808. The highest BCUT2D eigenvalue weighted by molar-refractivity contribution is 6.02. The lowest BCUT2D eigenvalue weighted by Crippen LogP contribution is -2.51. The number of hydrogen-bond acceptors (Lipinski definition) is 3. The van der Waals surface area contributed by atoms with Crippen molar-refractivity contribution in [1.29, 1.82) is 0 Å². The molecule has 1 aromatic carbocycles. The molecule has 1 heterocycles. The number of amides is 2. The summed E-state index contributed by atoms with van der Waals surface area (Å²) >= 11 is 0. The average molecular weight is 424 g/mol. The first-order valence-corrected chi connectivity index (χ1v) is 12.5. The molecule has 0 radical (unpaired) electrons. The second-order valence-corrected chi connectivity index (χ2v) is 10.7. The van der Waals surface area contributed by atoms with Gasteiger partial charge in [-0.05, 0) is 100 Å². The van der Waals surface area contributed by atoms with Gasteiger partial charge in [-0.3, -0.25) is 9.59 Å². The summed E-state index contributed by atoms with van der Waals surface area (Å²) in [7, 11) is 0. The smallest absolute Gasteiger partial charge is 0.253 e. The minimum Gasteiger partial charge on any atom is -0.371 e. The number of benzene rings is 1. The van der Waals surface area contributed by atoms with Gasteiger partial charge in [0.2, 0.25) is 5.91 Å². The minimum absolute atomic E-state index is 0.0340. The van der Waals surface area contributed by atoms with Gasteiger partial charge in [-0.15, -0.1) is 0 Å². The van der Waals surface area contributed by atoms with Crippen LogP contribution in [0.25, 0.3) is 0 Å². The summed E-state index contributed by atoms with van der Waals surface area (Å²) in [5.41, 5.74) is 2.29. The molecule has 4 aliphatic carbocycles. The molecule has 1 saturated heterocycles. The molecule has 168 valence electrons. The van der Waals surface area contributed by atoms with Crippen LogP contribution >= 0.6 is 0 Å². The first-order valence-electron chi connectivity index (χ1n) is 12.5. The van der Waals surface area contributed by atoms with Crippen LogP contribution in [0.4, 0.5) is 11.4 Å². The Morgan fingerprint density at radius 2 is 1.65 bits per heavy atom. The second kappa shape index (κ2) is 8.48. The number of carbonyl (C=O) groups is 2. The molecule has 1 aromatic rings. The van der Waals surface area contributed by atoms with Crippen molar-refractivity contribution in [1.82, 2.24) is 5.32 Å². The molecule has 0 spiro atoms. The monoisotopic (exact) mass is 423 g/mol. The van der Waals surface area contributed by atoms with Crippen molar-refractivity contribution in [2.75, 3.05) is 29.9 Å². The molecule has 6 rings (SSSR count). The maximum Gasteiger partial charge on any atom is 0.253 e.